The van der Waals surface area contributed by atoms with Crippen LogP contribution in [0.3, 0.4) is 0 Å². The average Bonchev–Trinajstić information content (AvgIpc) is 2.30. The van der Waals surface area contributed by atoms with Crippen molar-refractivity contribution in [3.63, 3.8) is 0 Å². The monoisotopic (exact) mass is 313 g/mol. The molecule has 0 aromatic heterocycles. The van der Waals surface area contributed by atoms with Crippen LogP contribution in [0.2, 0.25) is 0 Å². The molecule has 0 spiro atoms. The first kappa shape index (κ1) is 18.0. The molecular weight excluding hydrogens is 297 g/mol. The molecule has 0 atom stereocenters. The molecule has 0 aromatic carbocycles. The van der Waals surface area contributed by atoms with Gasteiger partial charge in [0.2, 0.25) is 0 Å². The van der Waals surface area contributed by atoms with Gasteiger partial charge >= 0.3 is 7.60 Å². The van der Waals surface area contributed by atoms with E-state index in [1.807, 2.05) is 5.32 Å². The molecule has 0 fully saturated rings. The highest BCUT2D eigenvalue weighted by Crippen LogP contribution is 2.46. The Labute approximate surface area is 111 Å². The van der Waals surface area contributed by atoms with E-state index in [1.54, 1.807) is 6.92 Å². The molecule has 0 unspecified atom stereocenters. The van der Waals surface area contributed by atoms with E-state index < -0.39 is 28.1 Å². The molecule has 0 radical (unpaired) electrons. The fourth-order valence-corrected chi connectivity index (χ4v) is 3.19. The molecule has 0 aromatic rings. The summed E-state index contributed by atoms with van der Waals surface area (Å²) in [6, 6.07) is 0. The lowest BCUT2D eigenvalue weighted by molar-refractivity contribution is -0.105. The van der Waals surface area contributed by atoms with Crippen molar-refractivity contribution >= 4 is 24.0 Å². The summed E-state index contributed by atoms with van der Waals surface area (Å²) in [5, 5.41) is 1.98. The van der Waals surface area contributed by atoms with E-state index >= 15 is 0 Å². The molecule has 0 heterocycles. The molecule has 0 aliphatic carbocycles. The van der Waals surface area contributed by atoms with Crippen molar-refractivity contribution in [2.45, 2.75) is 20.3 Å². The molecule has 19 heavy (non-hydrogen) atoms. The number of hydrogen-bond donors (Lipinski definition) is 3. The van der Waals surface area contributed by atoms with Crippen molar-refractivity contribution in [1.82, 2.24) is 5.32 Å². The Kier molecular flexibility index (Phi) is 6.61. The number of rotatable bonds is 8. The molecule has 110 valence electrons. The summed E-state index contributed by atoms with van der Waals surface area (Å²) in [7, 11) is -9.23. The highest BCUT2D eigenvalue weighted by molar-refractivity contribution is 7.91. The molecule has 0 saturated heterocycles. The first-order valence-corrected chi connectivity index (χ1v) is 8.15. The Hall–Kier alpha value is -0.990. The fraction of sp³-hybridized carbons (Fsp3) is 0.444. The average molecular weight is 313 g/mol. The maximum Gasteiger partial charge on any atom is 0.373 e. The normalized spacial score (nSPS) is 13.7. The zero-order valence-corrected chi connectivity index (χ0v) is 12.2. The molecule has 0 rings (SSSR count). The van der Waals surface area contributed by atoms with Gasteiger partial charge in [-0.15, -0.1) is 0 Å². The summed E-state index contributed by atoms with van der Waals surface area (Å²) in [4.78, 5) is 27.9. The molecular formula is C9H16NO7PS. The summed E-state index contributed by atoms with van der Waals surface area (Å²) in [5.74, 6) is 0. The van der Waals surface area contributed by atoms with Crippen LogP contribution in [0.4, 0.5) is 0 Å². The Morgan fingerprint density at radius 3 is 2.37 bits per heavy atom. The summed E-state index contributed by atoms with van der Waals surface area (Å²) in [6.45, 7) is 5.67. The van der Waals surface area contributed by atoms with E-state index in [4.69, 9.17) is 9.79 Å². The van der Waals surface area contributed by atoms with Crippen molar-refractivity contribution in [2.75, 3.05) is 6.61 Å². The van der Waals surface area contributed by atoms with Crippen LogP contribution in [-0.2, 0) is 23.7 Å². The zero-order chi connectivity index (χ0) is 15.3. The van der Waals surface area contributed by atoms with Crippen molar-refractivity contribution in [3.8, 4) is 0 Å². The topological polar surface area (TPSA) is 130 Å². The van der Waals surface area contributed by atoms with Gasteiger partial charge < -0.3 is 15.1 Å². The predicted molar refractivity (Wildman–Crippen MR) is 68.2 cm³/mol. The minimum atomic E-state index is -4.94. The van der Waals surface area contributed by atoms with Crippen molar-refractivity contribution in [3.05, 3.63) is 22.6 Å². The standard InChI is InChI=1S/C9H16NO7PS/c1-4-5-17-19(15,16)8(3)9(18(12,13)14)10-7(2)6-11/h6,10H,2,4-5H2,1,3H3,(H2,12,13,14). The molecule has 10 heteroatoms. The maximum atomic E-state index is 11.7. The van der Waals surface area contributed by atoms with Gasteiger partial charge in [0.1, 0.15) is 10.3 Å². The van der Waals surface area contributed by atoms with Gasteiger partial charge in [-0.05, 0) is 13.3 Å². The SMILES string of the molecule is C=C(C=O)NC(=C(C)S(=O)(=O)OCCC)P(=O)(O)O. The first-order valence-electron chi connectivity index (χ1n) is 5.13. The molecule has 0 amide bonds. The molecule has 0 bridgehead atoms. The highest BCUT2D eigenvalue weighted by atomic mass is 32.2. The molecule has 8 nitrogen and oxygen atoms in total. The Balaban J connectivity index is 5.67. The minimum absolute atomic E-state index is 0.122. The highest BCUT2D eigenvalue weighted by Gasteiger charge is 2.30. The first-order chi connectivity index (χ1) is 8.56. The number of carbonyl (C=O) groups excluding carboxylic acids is 1. The number of aldehydes is 1. The van der Waals surface area contributed by atoms with Crippen LogP contribution in [0.1, 0.15) is 20.3 Å². The van der Waals surface area contributed by atoms with Crippen LogP contribution in [0, 0.1) is 0 Å². The zero-order valence-electron chi connectivity index (χ0n) is 10.5. The van der Waals surface area contributed by atoms with E-state index in [1.165, 1.54) is 0 Å². The van der Waals surface area contributed by atoms with E-state index in [0.29, 0.717) is 6.42 Å². The lowest BCUT2D eigenvalue weighted by atomic mass is 10.5. The summed E-state index contributed by atoms with van der Waals surface area (Å²) in [6.07, 6.45) is 0.606. The van der Waals surface area contributed by atoms with Gasteiger partial charge in [0.05, 0.1) is 12.3 Å². The summed E-state index contributed by atoms with van der Waals surface area (Å²) < 4.78 is 39.1. The third-order valence-electron chi connectivity index (χ3n) is 1.86. The van der Waals surface area contributed by atoms with E-state index in [2.05, 4.69) is 10.8 Å². The van der Waals surface area contributed by atoms with E-state index in [9.17, 15) is 17.8 Å². The lowest BCUT2D eigenvalue weighted by Crippen LogP contribution is -2.19. The Bertz CT molecular complexity index is 531. The van der Waals surface area contributed by atoms with Crippen LogP contribution in [-0.4, -0.2) is 31.1 Å². The maximum absolute atomic E-state index is 11.7. The quantitative estimate of drug-likeness (QED) is 0.254. The van der Waals surface area contributed by atoms with Crippen molar-refractivity contribution < 1.29 is 31.7 Å². The number of nitrogens with one attached hydrogen (secondary N) is 1. The Morgan fingerprint density at radius 1 is 1.47 bits per heavy atom. The van der Waals surface area contributed by atoms with Gasteiger partial charge in [-0.25, -0.2) is 0 Å². The second kappa shape index (κ2) is 6.97. The van der Waals surface area contributed by atoms with E-state index in [0.717, 1.165) is 6.92 Å². The Morgan fingerprint density at radius 2 is 2.00 bits per heavy atom. The van der Waals surface area contributed by atoms with Gasteiger partial charge in [-0.1, -0.05) is 13.5 Å². The second-order valence-electron chi connectivity index (χ2n) is 3.49. The molecule has 0 aliphatic heterocycles. The number of carbonyl (C=O) groups is 1. The van der Waals surface area contributed by atoms with Crippen LogP contribution in [0.25, 0.3) is 0 Å². The van der Waals surface area contributed by atoms with Crippen LogP contribution in [0.5, 0.6) is 0 Å². The molecule has 0 saturated carbocycles. The van der Waals surface area contributed by atoms with Gasteiger partial charge in [-0.2, -0.15) is 8.42 Å². The van der Waals surface area contributed by atoms with Gasteiger partial charge in [0.15, 0.2) is 6.29 Å². The smallest absolute Gasteiger partial charge is 0.346 e. The van der Waals surface area contributed by atoms with Crippen LogP contribution in [0.15, 0.2) is 22.6 Å². The summed E-state index contributed by atoms with van der Waals surface area (Å²) >= 11 is 0. The number of hydrogen-bond acceptors (Lipinski definition) is 6. The van der Waals surface area contributed by atoms with Crippen molar-refractivity contribution in [1.29, 1.82) is 0 Å². The molecule has 0 aliphatic rings. The van der Waals surface area contributed by atoms with Crippen LogP contribution >= 0.6 is 7.60 Å². The summed E-state index contributed by atoms with van der Waals surface area (Å²) in [5.41, 5.74) is -1.32. The number of allylic oxidation sites excluding steroid dienone is 2. The van der Waals surface area contributed by atoms with Crippen molar-refractivity contribution in [2.24, 2.45) is 0 Å². The van der Waals surface area contributed by atoms with E-state index in [-0.39, 0.29) is 18.6 Å². The van der Waals surface area contributed by atoms with Gasteiger partial charge in [0, 0.05) is 0 Å². The minimum Gasteiger partial charge on any atom is -0.346 e. The van der Waals surface area contributed by atoms with Gasteiger partial charge in [0.25, 0.3) is 10.1 Å². The third kappa shape index (κ3) is 5.66. The largest absolute Gasteiger partial charge is 0.373 e. The molecule has 3 N–H and O–H groups in total. The third-order valence-corrected chi connectivity index (χ3v) is 4.48. The lowest BCUT2D eigenvalue weighted by Gasteiger charge is -2.15. The predicted octanol–water partition coefficient (Wildman–Crippen LogP) is 0.412. The van der Waals surface area contributed by atoms with Gasteiger partial charge in [-0.3, -0.25) is 13.5 Å². The van der Waals surface area contributed by atoms with Crippen LogP contribution < -0.4 is 5.32 Å². The second-order valence-corrected chi connectivity index (χ2v) is 6.78. The fourth-order valence-electron chi connectivity index (χ4n) is 0.947.